The van der Waals surface area contributed by atoms with Crippen LogP contribution >= 0.6 is 0 Å². The number of likely N-dealkylation sites (tertiary alicyclic amines) is 1. The van der Waals surface area contributed by atoms with Gasteiger partial charge >= 0.3 is 0 Å². The second-order valence-electron chi connectivity index (χ2n) is 7.86. The molecule has 2 aliphatic heterocycles. The number of aryl methyl sites for hydroxylation is 1. The molecule has 2 aromatic rings. The summed E-state index contributed by atoms with van der Waals surface area (Å²) in [5.74, 6) is 0.287. The van der Waals surface area contributed by atoms with Gasteiger partial charge in [-0.2, -0.15) is 0 Å². The molecule has 2 amide bonds. The smallest absolute Gasteiger partial charge is 0.253 e. The number of fused-ring (bicyclic) bond motifs is 1. The molecule has 4 rings (SSSR count). The van der Waals surface area contributed by atoms with Gasteiger partial charge < -0.3 is 14.7 Å². The average molecular weight is 377 g/mol. The van der Waals surface area contributed by atoms with Crippen molar-refractivity contribution in [1.29, 1.82) is 0 Å². The van der Waals surface area contributed by atoms with Gasteiger partial charge in [0.05, 0.1) is 0 Å². The predicted molar refractivity (Wildman–Crippen MR) is 112 cm³/mol. The minimum atomic E-state index is 0.0764. The van der Waals surface area contributed by atoms with E-state index in [1.54, 1.807) is 0 Å². The second-order valence-corrected chi connectivity index (χ2v) is 7.86. The number of carbonyl (C=O) groups excluding carboxylic acids is 2. The highest BCUT2D eigenvalue weighted by Gasteiger charge is 2.33. The van der Waals surface area contributed by atoms with Gasteiger partial charge in [0, 0.05) is 56.6 Å². The molecular formula is C23H27N3O2. The summed E-state index contributed by atoms with van der Waals surface area (Å²) in [6.07, 6.45) is 3.04. The Morgan fingerprint density at radius 1 is 1.00 bits per heavy atom. The lowest BCUT2D eigenvalue weighted by atomic mass is 9.95. The fraction of sp³-hybridized carbons (Fsp3) is 0.391. The molecule has 0 spiro atoms. The van der Waals surface area contributed by atoms with Gasteiger partial charge in [0.25, 0.3) is 5.91 Å². The van der Waals surface area contributed by atoms with E-state index in [1.807, 2.05) is 65.2 Å². The van der Waals surface area contributed by atoms with E-state index in [0.29, 0.717) is 19.5 Å². The van der Waals surface area contributed by atoms with Crippen LogP contribution in [0.3, 0.4) is 0 Å². The molecule has 28 heavy (non-hydrogen) atoms. The van der Waals surface area contributed by atoms with Crippen molar-refractivity contribution in [1.82, 2.24) is 4.90 Å². The Bertz CT molecular complexity index is 885. The summed E-state index contributed by atoms with van der Waals surface area (Å²) in [5, 5.41) is 0. The SMILES string of the molecule is CN(C)c1cccc(C(=O)N2CCC(N3C(=O)CCc4ccccc43)CC2)c1. The summed E-state index contributed by atoms with van der Waals surface area (Å²) >= 11 is 0. The maximum Gasteiger partial charge on any atom is 0.253 e. The van der Waals surface area contributed by atoms with Crippen LogP contribution in [0.15, 0.2) is 48.5 Å². The number of anilines is 2. The molecule has 2 aliphatic rings. The summed E-state index contributed by atoms with van der Waals surface area (Å²) in [5.41, 5.74) is 4.06. The lowest BCUT2D eigenvalue weighted by molar-refractivity contribution is -0.119. The van der Waals surface area contributed by atoms with Crippen LogP contribution in [0.2, 0.25) is 0 Å². The number of hydrogen-bond acceptors (Lipinski definition) is 3. The zero-order chi connectivity index (χ0) is 19.7. The van der Waals surface area contributed by atoms with Crippen molar-refractivity contribution in [2.45, 2.75) is 31.7 Å². The van der Waals surface area contributed by atoms with E-state index < -0.39 is 0 Å². The van der Waals surface area contributed by atoms with Crippen molar-refractivity contribution in [2.24, 2.45) is 0 Å². The molecule has 0 saturated carbocycles. The Labute approximate surface area is 166 Å². The Hall–Kier alpha value is -2.82. The predicted octanol–water partition coefficient (Wildman–Crippen LogP) is 3.34. The summed E-state index contributed by atoms with van der Waals surface area (Å²) in [7, 11) is 3.95. The molecule has 146 valence electrons. The Morgan fingerprint density at radius 3 is 2.50 bits per heavy atom. The van der Waals surface area contributed by atoms with Gasteiger partial charge in [-0.3, -0.25) is 9.59 Å². The van der Waals surface area contributed by atoms with Crippen molar-refractivity contribution < 1.29 is 9.59 Å². The third kappa shape index (κ3) is 3.49. The number of hydrogen-bond donors (Lipinski definition) is 0. The van der Waals surface area contributed by atoms with E-state index in [0.717, 1.165) is 36.2 Å². The van der Waals surface area contributed by atoms with Gasteiger partial charge in [-0.25, -0.2) is 0 Å². The molecule has 0 radical (unpaired) electrons. The fourth-order valence-electron chi connectivity index (χ4n) is 4.28. The fourth-order valence-corrected chi connectivity index (χ4v) is 4.28. The van der Waals surface area contributed by atoms with Crippen LogP contribution in [-0.2, 0) is 11.2 Å². The maximum absolute atomic E-state index is 12.9. The quantitative estimate of drug-likeness (QED) is 0.824. The van der Waals surface area contributed by atoms with Gasteiger partial charge in [-0.05, 0) is 49.1 Å². The van der Waals surface area contributed by atoms with Crippen LogP contribution in [0.5, 0.6) is 0 Å². The van der Waals surface area contributed by atoms with E-state index in [9.17, 15) is 9.59 Å². The molecule has 0 bridgehead atoms. The maximum atomic E-state index is 12.9. The molecular weight excluding hydrogens is 350 g/mol. The van der Waals surface area contributed by atoms with Crippen LogP contribution in [0.1, 0.15) is 35.2 Å². The molecule has 1 fully saturated rings. The van der Waals surface area contributed by atoms with Gasteiger partial charge in [0.1, 0.15) is 0 Å². The number of para-hydroxylation sites is 1. The molecule has 5 heteroatoms. The first-order chi connectivity index (χ1) is 13.5. The summed E-state index contributed by atoms with van der Waals surface area (Å²) in [6.45, 7) is 1.36. The van der Waals surface area contributed by atoms with Crippen LogP contribution in [-0.4, -0.2) is 49.9 Å². The van der Waals surface area contributed by atoms with Gasteiger partial charge in [0.2, 0.25) is 5.91 Å². The Morgan fingerprint density at radius 2 is 1.75 bits per heavy atom. The molecule has 0 N–H and O–H groups in total. The number of amides is 2. The zero-order valence-electron chi connectivity index (χ0n) is 16.6. The number of rotatable bonds is 3. The summed E-state index contributed by atoms with van der Waals surface area (Å²) in [6, 6.07) is 16.1. The normalized spacial score (nSPS) is 17.4. The molecule has 0 unspecified atom stereocenters. The highest BCUT2D eigenvalue weighted by Crippen LogP contribution is 2.32. The van der Waals surface area contributed by atoms with E-state index >= 15 is 0 Å². The number of piperidine rings is 1. The minimum absolute atomic E-state index is 0.0764. The molecule has 0 aliphatic carbocycles. The number of carbonyl (C=O) groups is 2. The first kappa shape index (κ1) is 18.5. The van der Waals surface area contributed by atoms with Crippen molar-refractivity contribution in [3.63, 3.8) is 0 Å². The number of nitrogens with zero attached hydrogens (tertiary/aromatic N) is 3. The van der Waals surface area contributed by atoms with Crippen molar-refractivity contribution in [3.05, 3.63) is 59.7 Å². The van der Waals surface area contributed by atoms with Crippen molar-refractivity contribution >= 4 is 23.2 Å². The molecule has 1 saturated heterocycles. The highest BCUT2D eigenvalue weighted by atomic mass is 16.2. The van der Waals surface area contributed by atoms with Crippen LogP contribution < -0.4 is 9.80 Å². The van der Waals surface area contributed by atoms with Gasteiger partial charge in [-0.1, -0.05) is 24.3 Å². The average Bonchev–Trinajstić information content (AvgIpc) is 2.73. The molecule has 5 nitrogen and oxygen atoms in total. The summed E-state index contributed by atoms with van der Waals surface area (Å²) in [4.78, 5) is 31.5. The lowest BCUT2D eigenvalue weighted by Crippen LogP contribution is -2.50. The minimum Gasteiger partial charge on any atom is -0.378 e. The van der Waals surface area contributed by atoms with Crippen LogP contribution in [0.25, 0.3) is 0 Å². The molecule has 2 heterocycles. The standard InChI is InChI=1S/C23H27N3O2/c1-24(2)20-8-5-7-18(16-20)23(28)25-14-12-19(13-15-25)26-21-9-4-3-6-17(21)10-11-22(26)27/h3-9,16,19H,10-15H2,1-2H3. The van der Waals surface area contributed by atoms with Gasteiger partial charge in [0.15, 0.2) is 0 Å². The molecule has 0 aromatic heterocycles. The Kier molecular flexibility index (Phi) is 5.07. The molecule has 0 atom stereocenters. The van der Waals surface area contributed by atoms with E-state index in [2.05, 4.69) is 12.1 Å². The summed E-state index contributed by atoms with van der Waals surface area (Å²) < 4.78 is 0. The van der Waals surface area contributed by atoms with Gasteiger partial charge in [-0.15, -0.1) is 0 Å². The van der Waals surface area contributed by atoms with E-state index in [4.69, 9.17) is 0 Å². The van der Waals surface area contributed by atoms with Crippen molar-refractivity contribution in [2.75, 3.05) is 37.0 Å². The zero-order valence-corrected chi connectivity index (χ0v) is 16.6. The second kappa shape index (κ2) is 7.66. The first-order valence-electron chi connectivity index (χ1n) is 10.0. The first-order valence-corrected chi connectivity index (χ1v) is 10.0. The number of benzene rings is 2. The topological polar surface area (TPSA) is 43.9 Å². The lowest BCUT2D eigenvalue weighted by Gasteiger charge is -2.41. The molecule has 2 aromatic carbocycles. The largest absolute Gasteiger partial charge is 0.378 e. The van der Waals surface area contributed by atoms with Crippen LogP contribution in [0, 0.1) is 0 Å². The Balaban J connectivity index is 1.46. The van der Waals surface area contributed by atoms with E-state index in [1.165, 1.54) is 5.56 Å². The van der Waals surface area contributed by atoms with E-state index in [-0.39, 0.29) is 17.9 Å². The van der Waals surface area contributed by atoms with Crippen molar-refractivity contribution in [3.8, 4) is 0 Å². The third-order valence-electron chi connectivity index (χ3n) is 5.85. The third-order valence-corrected chi connectivity index (χ3v) is 5.85. The van der Waals surface area contributed by atoms with Crippen LogP contribution in [0.4, 0.5) is 11.4 Å². The highest BCUT2D eigenvalue weighted by molar-refractivity contribution is 5.97. The monoisotopic (exact) mass is 377 g/mol.